The molecule has 1 amide bonds. The summed E-state index contributed by atoms with van der Waals surface area (Å²) in [6.07, 6.45) is 1.69. The molecule has 0 spiro atoms. The van der Waals surface area contributed by atoms with Crippen molar-refractivity contribution in [3.63, 3.8) is 0 Å². The van der Waals surface area contributed by atoms with Gasteiger partial charge in [0.05, 0.1) is 12.6 Å². The van der Waals surface area contributed by atoms with Gasteiger partial charge in [0, 0.05) is 0 Å². The lowest BCUT2D eigenvalue weighted by molar-refractivity contribution is 0.225. The Bertz CT molecular complexity index is 108. The summed E-state index contributed by atoms with van der Waals surface area (Å²) in [4.78, 5) is 10.2. The van der Waals surface area contributed by atoms with E-state index in [2.05, 4.69) is 5.32 Å². The number of nitrogens with one attached hydrogen (secondary N) is 1. The molecule has 0 fully saturated rings. The lowest BCUT2D eigenvalue weighted by Gasteiger charge is -2.13. The number of carbonyl (C=O) groups excluding carboxylic acids is 1. The van der Waals surface area contributed by atoms with Crippen LogP contribution in [0, 0.1) is 0 Å². The maximum atomic E-state index is 10.2. The highest BCUT2D eigenvalue weighted by atomic mass is 16.3. The Labute approximate surface area is 62.2 Å². The van der Waals surface area contributed by atoms with E-state index >= 15 is 0 Å². The molecule has 0 rings (SSSR count). The minimum Gasteiger partial charge on any atom is -0.394 e. The van der Waals surface area contributed by atoms with Crippen LogP contribution in [-0.4, -0.2) is 31.4 Å². The Morgan fingerprint density at radius 3 is 2.70 bits per heavy atom. The van der Waals surface area contributed by atoms with Crippen LogP contribution < -0.4 is 5.32 Å². The van der Waals surface area contributed by atoms with E-state index in [9.17, 15) is 4.79 Å². The van der Waals surface area contributed by atoms with Crippen LogP contribution in [0.15, 0.2) is 0 Å². The van der Waals surface area contributed by atoms with E-state index in [1.54, 1.807) is 0 Å². The van der Waals surface area contributed by atoms with Crippen molar-refractivity contribution in [3.05, 3.63) is 0 Å². The summed E-state index contributed by atoms with van der Waals surface area (Å²) >= 11 is 0. The fraction of sp³-hybridized carbons (Fsp3) is 0.833. The number of carbonyl (C=O) groups is 1. The maximum absolute atomic E-state index is 10.2. The van der Waals surface area contributed by atoms with Crippen molar-refractivity contribution in [1.29, 1.82) is 0 Å². The molecule has 0 aliphatic rings. The molecule has 0 heterocycles. The average molecular weight is 141 g/mol. The summed E-state index contributed by atoms with van der Waals surface area (Å²) in [6, 6.07) is -0.178. The zero-order valence-electron chi connectivity index (χ0n) is 6.13. The van der Waals surface area contributed by atoms with Gasteiger partial charge in [-0.3, -0.25) is 4.79 Å². The molecule has 1 atom stereocenters. The molecule has 0 saturated carbocycles. The van der Waals surface area contributed by atoms with E-state index < -0.39 is 5.81 Å². The van der Waals surface area contributed by atoms with Crippen molar-refractivity contribution in [3.8, 4) is 0 Å². The molecule has 0 saturated heterocycles. The zero-order valence-corrected chi connectivity index (χ0v) is 6.13. The summed E-state index contributed by atoms with van der Waals surface area (Å²) in [5.74, 6) is -0.576. The highest BCUT2D eigenvalue weighted by Gasteiger charge is 2.04. The Hall–Kier alpha value is -0.505. The van der Waals surface area contributed by atoms with Crippen molar-refractivity contribution >= 4 is 13.7 Å². The normalized spacial score (nSPS) is 12.6. The molecular weight excluding hydrogens is 129 g/mol. The third-order valence-corrected chi connectivity index (χ3v) is 1.20. The van der Waals surface area contributed by atoms with Gasteiger partial charge in [-0.05, 0) is 6.42 Å². The largest absolute Gasteiger partial charge is 0.394 e. The van der Waals surface area contributed by atoms with Crippen LogP contribution in [-0.2, 0) is 0 Å². The molecule has 1 unspecified atom stereocenters. The minimum atomic E-state index is -0.576. The first-order valence-corrected chi connectivity index (χ1v) is 3.37. The third-order valence-electron chi connectivity index (χ3n) is 1.20. The topological polar surface area (TPSA) is 49.3 Å². The smallest absolute Gasteiger partial charge is 0.200 e. The Morgan fingerprint density at radius 1 is 1.80 bits per heavy atom. The van der Waals surface area contributed by atoms with Gasteiger partial charge in [-0.25, -0.2) is 0 Å². The summed E-state index contributed by atoms with van der Waals surface area (Å²) in [5.41, 5.74) is 0. The van der Waals surface area contributed by atoms with Crippen LogP contribution in [0.1, 0.15) is 19.8 Å². The minimum absolute atomic E-state index is 0.0449. The van der Waals surface area contributed by atoms with Gasteiger partial charge < -0.3 is 10.4 Å². The van der Waals surface area contributed by atoms with E-state index in [-0.39, 0.29) is 12.6 Å². The van der Waals surface area contributed by atoms with Crippen LogP contribution in [0.3, 0.4) is 0 Å². The predicted octanol–water partition coefficient (Wildman–Crippen LogP) is 0.0255. The van der Waals surface area contributed by atoms with Gasteiger partial charge in [-0.2, -0.15) is 0 Å². The quantitative estimate of drug-likeness (QED) is 0.542. The van der Waals surface area contributed by atoms with Gasteiger partial charge in [0.25, 0.3) is 0 Å². The number of amides is 1. The van der Waals surface area contributed by atoms with Crippen LogP contribution in [0.4, 0.5) is 4.79 Å². The van der Waals surface area contributed by atoms with Crippen molar-refractivity contribution in [2.24, 2.45) is 0 Å². The summed E-state index contributed by atoms with van der Waals surface area (Å²) in [7, 11) is 4.84. The first-order valence-electron chi connectivity index (χ1n) is 3.37. The van der Waals surface area contributed by atoms with Crippen LogP contribution >= 0.6 is 0 Å². The molecule has 0 aromatic carbocycles. The standard InChI is InChI=1S/C6H12BNO2/c1-2-3-5(4-9)8-6(7)10/h5,9H,2-4H2,1H3,(H,8,10). The van der Waals surface area contributed by atoms with Crippen molar-refractivity contribution < 1.29 is 9.90 Å². The Kier molecular flexibility index (Phi) is 5.03. The first-order chi connectivity index (χ1) is 4.70. The second kappa shape index (κ2) is 5.29. The van der Waals surface area contributed by atoms with Crippen molar-refractivity contribution in [2.75, 3.05) is 6.61 Å². The van der Waals surface area contributed by atoms with E-state index in [1.807, 2.05) is 6.92 Å². The number of rotatable bonds is 4. The van der Waals surface area contributed by atoms with E-state index in [4.69, 9.17) is 13.0 Å². The van der Waals surface area contributed by atoms with Crippen LogP contribution in [0.5, 0.6) is 0 Å². The molecule has 2 N–H and O–H groups in total. The molecule has 3 nitrogen and oxygen atoms in total. The predicted molar refractivity (Wildman–Crippen MR) is 40.1 cm³/mol. The molecule has 2 radical (unpaired) electrons. The first kappa shape index (κ1) is 9.49. The Morgan fingerprint density at radius 2 is 2.40 bits per heavy atom. The number of hydrogen-bond acceptors (Lipinski definition) is 2. The summed E-state index contributed by atoms with van der Waals surface area (Å²) < 4.78 is 0. The van der Waals surface area contributed by atoms with Gasteiger partial charge in [0.1, 0.15) is 0 Å². The summed E-state index contributed by atoms with van der Waals surface area (Å²) in [5, 5.41) is 11.1. The number of hydrogen-bond donors (Lipinski definition) is 2. The van der Waals surface area contributed by atoms with Gasteiger partial charge in [-0.15, -0.1) is 0 Å². The molecule has 0 aromatic rings. The number of aliphatic hydroxyl groups is 1. The molecular formula is C6H12BNO2. The molecule has 0 bridgehead atoms. The molecule has 56 valence electrons. The Balaban J connectivity index is 3.49. The second-order valence-electron chi connectivity index (χ2n) is 2.18. The molecule has 0 aliphatic carbocycles. The van der Waals surface area contributed by atoms with Crippen LogP contribution in [0.2, 0.25) is 0 Å². The van der Waals surface area contributed by atoms with Gasteiger partial charge in [0.15, 0.2) is 5.81 Å². The average Bonchev–Trinajstić information content (AvgIpc) is 1.86. The van der Waals surface area contributed by atoms with Gasteiger partial charge in [0.2, 0.25) is 7.85 Å². The maximum Gasteiger partial charge on any atom is 0.200 e. The highest BCUT2D eigenvalue weighted by molar-refractivity contribution is 6.57. The fourth-order valence-electron chi connectivity index (χ4n) is 0.759. The third kappa shape index (κ3) is 4.38. The highest BCUT2D eigenvalue weighted by Crippen LogP contribution is 1.94. The lowest BCUT2D eigenvalue weighted by atomic mass is 10.1. The fourth-order valence-corrected chi connectivity index (χ4v) is 0.759. The lowest BCUT2D eigenvalue weighted by Crippen LogP contribution is -2.36. The SMILES string of the molecule is [B]C(=O)NC(CO)CCC. The van der Waals surface area contributed by atoms with E-state index in [0.717, 1.165) is 12.8 Å². The van der Waals surface area contributed by atoms with Gasteiger partial charge in [-0.1, -0.05) is 13.3 Å². The number of aliphatic hydroxyl groups excluding tert-OH is 1. The van der Waals surface area contributed by atoms with Crippen LogP contribution in [0.25, 0.3) is 0 Å². The van der Waals surface area contributed by atoms with E-state index in [0.29, 0.717) is 0 Å². The second-order valence-corrected chi connectivity index (χ2v) is 2.18. The monoisotopic (exact) mass is 141 g/mol. The molecule has 10 heavy (non-hydrogen) atoms. The zero-order chi connectivity index (χ0) is 7.98. The molecule has 0 aromatic heterocycles. The van der Waals surface area contributed by atoms with Crippen molar-refractivity contribution in [2.45, 2.75) is 25.8 Å². The van der Waals surface area contributed by atoms with Crippen molar-refractivity contribution in [1.82, 2.24) is 5.32 Å². The molecule has 4 heteroatoms. The molecule has 0 aliphatic heterocycles. The van der Waals surface area contributed by atoms with E-state index in [1.165, 1.54) is 0 Å². The summed E-state index contributed by atoms with van der Waals surface area (Å²) in [6.45, 7) is 1.93. The van der Waals surface area contributed by atoms with Gasteiger partial charge >= 0.3 is 0 Å².